The molecule has 3 rings (SSSR count). The lowest BCUT2D eigenvalue weighted by Crippen LogP contribution is -2.19. The Morgan fingerprint density at radius 1 is 1.20 bits per heavy atom. The van der Waals surface area contributed by atoms with Crippen LogP contribution < -0.4 is 0 Å². The third-order valence-corrected chi connectivity index (χ3v) is 4.49. The number of phenolic OH excluding ortho intramolecular Hbond substituents is 2. The molecule has 0 spiro atoms. The van der Waals surface area contributed by atoms with Crippen LogP contribution in [0.15, 0.2) is 30.4 Å². The summed E-state index contributed by atoms with van der Waals surface area (Å²) >= 11 is 6.05. The molecule has 0 unspecified atom stereocenters. The second kappa shape index (κ2) is 6.90. The molecule has 1 aromatic rings. The van der Waals surface area contributed by atoms with Crippen LogP contribution in [0, 0.1) is 0 Å². The van der Waals surface area contributed by atoms with Gasteiger partial charge in [-0.2, -0.15) is 0 Å². The predicted molar refractivity (Wildman–Crippen MR) is 89.9 cm³/mol. The van der Waals surface area contributed by atoms with Crippen LogP contribution in [0.2, 0.25) is 5.02 Å². The molecule has 0 saturated carbocycles. The normalized spacial score (nSPS) is 27.7. The smallest absolute Gasteiger partial charge is 0.342 e. The number of rotatable bonds is 0. The van der Waals surface area contributed by atoms with Gasteiger partial charge in [0.05, 0.1) is 11.1 Å². The molecule has 25 heavy (non-hydrogen) atoms. The van der Waals surface area contributed by atoms with Gasteiger partial charge in [0.15, 0.2) is 5.78 Å². The van der Waals surface area contributed by atoms with Gasteiger partial charge in [-0.05, 0) is 13.0 Å². The predicted octanol–water partition coefficient (Wildman–Crippen LogP) is 2.69. The molecule has 2 heterocycles. The van der Waals surface area contributed by atoms with E-state index in [0.29, 0.717) is 6.42 Å². The Morgan fingerprint density at radius 2 is 1.96 bits per heavy atom. The standard InChI is InChI=1S/C18H17ClO6/c1-9-6-15-14(25-15)5-3-2-4-10(20)7-11-16(18(23)24-9)12(21)8-13(22)17(11)19/h2-5,8-9,14-15,21-22H,6-7H2,1H3/b4-2+,5-3?/t9-,14-,15-/m1/s1. The Morgan fingerprint density at radius 3 is 2.72 bits per heavy atom. The van der Waals surface area contributed by atoms with Crippen LogP contribution in [0.25, 0.3) is 0 Å². The van der Waals surface area contributed by atoms with Crippen molar-refractivity contribution in [3.05, 3.63) is 46.5 Å². The fourth-order valence-corrected chi connectivity index (χ4v) is 3.00. The van der Waals surface area contributed by atoms with Gasteiger partial charge < -0.3 is 19.7 Å². The fourth-order valence-electron chi connectivity index (χ4n) is 2.78. The molecule has 2 aliphatic heterocycles. The second-order valence-electron chi connectivity index (χ2n) is 6.06. The minimum Gasteiger partial charge on any atom is -0.507 e. The zero-order chi connectivity index (χ0) is 18.1. The summed E-state index contributed by atoms with van der Waals surface area (Å²) in [4.78, 5) is 24.6. The molecule has 132 valence electrons. The number of hydrogen-bond donors (Lipinski definition) is 2. The molecular weight excluding hydrogens is 348 g/mol. The summed E-state index contributed by atoms with van der Waals surface area (Å²) in [5.74, 6) is -2.04. The maximum atomic E-state index is 12.5. The molecule has 0 aliphatic carbocycles. The van der Waals surface area contributed by atoms with Crippen molar-refractivity contribution in [2.24, 2.45) is 0 Å². The van der Waals surface area contributed by atoms with E-state index >= 15 is 0 Å². The van der Waals surface area contributed by atoms with Crippen molar-refractivity contribution in [2.75, 3.05) is 0 Å². The van der Waals surface area contributed by atoms with E-state index in [-0.39, 0.29) is 40.6 Å². The first-order chi connectivity index (χ1) is 11.9. The van der Waals surface area contributed by atoms with E-state index in [1.807, 2.05) is 6.08 Å². The number of allylic oxidation sites excluding steroid dienone is 3. The molecule has 0 amide bonds. The summed E-state index contributed by atoms with van der Waals surface area (Å²) in [6.07, 6.45) is 6.13. The van der Waals surface area contributed by atoms with Crippen LogP contribution in [0.1, 0.15) is 29.3 Å². The first-order valence-corrected chi connectivity index (χ1v) is 8.22. The molecular formula is C18H17ClO6. The maximum Gasteiger partial charge on any atom is 0.342 e. The Hall–Kier alpha value is -2.31. The van der Waals surface area contributed by atoms with Crippen molar-refractivity contribution in [3.63, 3.8) is 0 Å². The lowest BCUT2D eigenvalue weighted by Gasteiger charge is -2.16. The van der Waals surface area contributed by atoms with Crippen molar-refractivity contribution in [3.8, 4) is 11.5 Å². The van der Waals surface area contributed by atoms with Crippen LogP contribution in [0.4, 0.5) is 0 Å². The third-order valence-electron chi connectivity index (χ3n) is 4.06. The van der Waals surface area contributed by atoms with Gasteiger partial charge in [-0.25, -0.2) is 4.79 Å². The summed E-state index contributed by atoms with van der Waals surface area (Å²) < 4.78 is 10.8. The molecule has 0 aromatic heterocycles. The molecule has 6 nitrogen and oxygen atoms in total. The molecule has 2 N–H and O–H groups in total. The number of esters is 1. The summed E-state index contributed by atoms with van der Waals surface area (Å²) in [7, 11) is 0. The monoisotopic (exact) mass is 364 g/mol. The van der Waals surface area contributed by atoms with Gasteiger partial charge >= 0.3 is 5.97 Å². The molecule has 0 radical (unpaired) electrons. The second-order valence-corrected chi connectivity index (χ2v) is 6.44. The zero-order valence-corrected chi connectivity index (χ0v) is 14.2. The summed E-state index contributed by atoms with van der Waals surface area (Å²) in [5.41, 5.74) is -0.176. The summed E-state index contributed by atoms with van der Waals surface area (Å²) in [6, 6.07) is 0.958. The molecule has 0 bridgehead atoms. The van der Waals surface area contributed by atoms with E-state index in [4.69, 9.17) is 21.1 Å². The molecule has 1 fully saturated rings. The molecule has 3 atom stereocenters. The van der Waals surface area contributed by atoms with E-state index in [9.17, 15) is 19.8 Å². The van der Waals surface area contributed by atoms with E-state index in [1.165, 1.54) is 6.08 Å². The molecule has 2 aliphatic rings. The van der Waals surface area contributed by atoms with Gasteiger partial charge in [0.2, 0.25) is 0 Å². The summed E-state index contributed by atoms with van der Waals surface area (Å²) in [6.45, 7) is 1.72. The number of ketones is 1. The Labute approximate surface area is 149 Å². The largest absolute Gasteiger partial charge is 0.507 e. The number of carbonyl (C=O) groups excluding carboxylic acids is 2. The fraction of sp³-hybridized carbons (Fsp3) is 0.333. The minimum absolute atomic E-state index is 0.0348. The summed E-state index contributed by atoms with van der Waals surface area (Å²) in [5, 5.41) is 19.7. The topological polar surface area (TPSA) is 96.4 Å². The number of phenols is 2. The maximum absolute atomic E-state index is 12.5. The van der Waals surface area contributed by atoms with Gasteiger partial charge in [0, 0.05) is 24.5 Å². The Bertz CT molecular complexity index is 782. The minimum atomic E-state index is -0.802. The number of cyclic esters (lactones) is 1. The van der Waals surface area contributed by atoms with Gasteiger partial charge in [-0.3, -0.25) is 4.79 Å². The average molecular weight is 365 g/mol. The molecule has 1 aromatic carbocycles. The quantitative estimate of drug-likeness (QED) is 0.542. The number of hydrogen-bond acceptors (Lipinski definition) is 6. The Balaban J connectivity index is 2.01. The van der Waals surface area contributed by atoms with Crippen LogP contribution in [-0.2, 0) is 20.7 Å². The van der Waals surface area contributed by atoms with E-state index in [2.05, 4.69) is 0 Å². The van der Waals surface area contributed by atoms with Crippen LogP contribution >= 0.6 is 11.6 Å². The van der Waals surface area contributed by atoms with Crippen LogP contribution in [0.3, 0.4) is 0 Å². The van der Waals surface area contributed by atoms with E-state index < -0.39 is 23.6 Å². The van der Waals surface area contributed by atoms with Crippen LogP contribution in [-0.4, -0.2) is 40.3 Å². The number of ether oxygens (including phenoxy) is 2. The lowest BCUT2D eigenvalue weighted by atomic mass is 10.00. The lowest BCUT2D eigenvalue weighted by molar-refractivity contribution is -0.114. The van der Waals surface area contributed by atoms with Crippen molar-refractivity contribution in [1.82, 2.24) is 0 Å². The Kier molecular flexibility index (Phi) is 4.83. The van der Waals surface area contributed by atoms with Gasteiger partial charge in [-0.1, -0.05) is 29.8 Å². The highest BCUT2D eigenvalue weighted by Gasteiger charge is 2.38. The zero-order valence-electron chi connectivity index (χ0n) is 13.4. The van der Waals surface area contributed by atoms with Crippen LogP contribution in [0.5, 0.6) is 11.5 Å². The van der Waals surface area contributed by atoms with Crippen molar-refractivity contribution in [2.45, 2.75) is 38.1 Å². The van der Waals surface area contributed by atoms with Gasteiger partial charge in [-0.15, -0.1) is 0 Å². The van der Waals surface area contributed by atoms with Gasteiger partial charge in [0.1, 0.15) is 29.3 Å². The van der Waals surface area contributed by atoms with Crippen molar-refractivity contribution in [1.29, 1.82) is 0 Å². The molecule has 7 heteroatoms. The van der Waals surface area contributed by atoms with Crippen molar-refractivity contribution < 1.29 is 29.3 Å². The highest BCUT2D eigenvalue weighted by Crippen LogP contribution is 2.37. The highest BCUT2D eigenvalue weighted by molar-refractivity contribution is 6.33. The van der Waals surface area contributed by atoms with Gasteiger partial charge in [0.25, 0.3) is 0 Å². The first-order valence-electron chi connectivity index (χ1n) is 7.84. The highest BCUT2D eigenvalue weighted by atomic mass is 35.5. The van der Waals surface area contributed by atoms with E-state index in [0.717, 1.165) is 6.07 Å². The SMILES string of the molecule is C[C@@H]1C[C@H]2O[C@@H]2C=C/C=C/C(=O)Cc2c(Cl)c(O)cc(O)c2C(=O)O1. The number of halogens is 1. The first kappa shape index (κ1) is 17.5. The number of aromatic hydroxyl groups is 2. The number of fused-ring (bicyclic) bond motifs is 2. The average Bonchev–Trinajstić information content (AvgIpc) is 3.25. The number of carbonyl (C=O) groups is 2. The van der Waals surface area contributed by atoms with Crippen molar-refractivity contribution >= 4 is 23.4 Å². The number of benzene rings is 1. The number of epoxide rings is 1. The third kappa shape index (κ3) is 3.86. The molecule has 1 saturated heterocycles. The van der Waals surface area contributed by atoms with E-state index in [1.54, 1.807) is 19.1 Å².